The molecule has 4 amide bonds. The van der Waals surface area contributed by atoms with Crippen molar-refractivity contribution in [1.29, 1.82) is 0 Å². The number of alkyl halides is 3. The average Bonchev–Trinajstić information content (AvgIpc) is 3.52. The van der Waals surface area contributed by atoms with Gasteiger partial charge in [0.1, 0.15) is 12.3 Å². The SMILES string of the molecule is CCCC[C@H](NC(=O)OC1CN(C(=O)Nc2ccc(C(F)(F)F)cc2)CC1(C)C)C(/C=C/O)C(=O)NC1CC=NN1. The summed E-state index contributed by atoms with van der Waals surface area (Å²) in [6, 6.07) is 2.88. The maximum Gasteiger partial charge on any atom is 0.416 e. The molecule has 0 spiro atoms. The Morgan fingerprint density at radius 1 is 1.27 bits per heavy atom. The highest BCUT2D eigenvalue weighted by atomic mass is 19.4. The molecule has 2 aliphatic rings. The zero-order valence-electron chi connectivity index (χ0n) is 23.2. The van der Waals surface area contributed by atoms with Crippen molar-refractivity contribution in [2.45, 2.75) is 70.9 Å². The number of rotatable bonds is 10. The van der Waals surface area contributed by atoms with Gasteiger partial charge in [-0.1, -0.05) is 33.6 Å². The molecule has 2 heterocycles. The van der Waals surface area contributed by atoms with Gasteiger partial charge in [0.05, 0.1) is 24.3 Å². The largest absolute Gasteiger partial charge is 0.516 e. The van der Waals surface area contributed by atoms with Gasteiger partial charge in [0.15, 0.2) is 0 Å². The molecule has 41 heavy (non-hydrogen) atoms. The van der Waals surface area contributed by atoms with Gasteiger partial charge < -0.3 is 30.7 Å². The van der Waals surface area contributed by atoms with Gasteiger partial charge in [0.2, 0.25) is 5.91 Å². The van der Waals surface area contributed by atoms with E-state index in [9.17, 15) is 32.7 Å². The lowest BCUT2D eigenvalue weighted by atomic mass is 9.90. The highest BCUT2D eigenvalue weighted by molar-refractivity contribution is 5.89. The Morgan fingerprint density at radius 2 is 1.98 bits per heavy atom. The summed E-state index contributed by atoms with van der Waals surface area (Å²) < 4.78 is 44.2. The highest BCUT2D eigenvalue weighted by Gasteiger charge is 2.44. The monoisotopic (exact) mass is 582 g/mol. The summed E-state index contributed by atoms with van der Waals surface area (Å²) in [5.74, 6) is -1.30. The highest BCUT2D eigenvalue weighted by Crippen LogP contribution is 2.33. The summed E-state index contributed by atoms with van der Waals surface area (Å²) in [7, 11) is 0. The summed E-state index contributed by atoms with van der Waals surface area (Å²) in [6.07, 6.45) is -0.212. The number of nitrogens with zero attached hydrogens (tertiary/aromatic N) is 2. The number of carbonyl (C=O) groups is 3. The summed E-state index contributed by atoms with van der Waals surface area (Å²) in [6.45, 7) is 5.90. The van der Waals surface area contributed by atoms with E-state index in [2.05, 4.69) is 26.5 Å². The standard InChI is InChI=1S/C27H37F3N6O5/c1-4-5-6-20(19(12-14-37)23(38)34-22-11-13-31-35-22)33-25(40)41-21-15-36(16-26(21,2)3)24(39)32-18-9-7-17(8-10-18)27(28,29)30/h7-10,12-14,19-22,35,37H,4-6,11,15-16H2,1-3H3,(H,32,39)(H,33,40)(H,34,38)/b14-12+/t19?,20-,21?,22?/m0/s1. The van der Waals surface area contributed by atoms with Gasteiger partial charge in [-0.25, -0.2) is 9.59 Å². The Morgan fingerprint density at radius 3 is 2.56 bits per heavy atom. The summed E-state index contributed by atoms with van der Waals surface area (Å²) >= 11 is 0. The Bertz CT molecular complexity index is 1120. The number of halogens is 3. The van der Waals surface area contributed by atoms with Crippen molar-refractivity contribution in [3.8, 4) is 0 Å². The fourth-order valence-corrected chi connectivity index (χ4v) is 4.69. The second kappa shape index (κ2) is 13.6. The maximum absolute atomic E-state index is 13.0. The molecule has 0 aromatic heterocycles. The molecule has 4 atom stereocenters. The van der Waals surface area contributed by atoms with Crippen LogP contribution in [0, 0.1) is 11.3 Å². The lowest BCUT2D eigenvalue weighted by molar-refractivity contribution is -0.137. The minimum Gasteiger partial charge on any atom is -0.516 e. The number of aliphatic hydroxyl groups is 1. The molecule has 0 radical (unpaired) electrons. The number of hydrazone groups is 1. The predicted octanol–water partition coefficient (Wildman–Crippen LogP) is 4.34. The van der Waals surface area contributed by atoms with E-state index >= 15 is 0 Å². The topological polar surface area (TPSA) is 144 Å². The number of unbranched alkanes of at least 4 members (excludes halogenated alkanes) is 1. The number of benzene rings is 1. The molecule has 0 bridgehead atoms. The number of amides is 4. The number of anilines is 1. The number of ether oxygens (including phenoxy) is 1. The van der Waals surface area contributed by atoms with E-state index in [1.54, 1.807) is 6.21 Å². The van der Waals surface area contributed by atoms with Crippen LogP contribution in [0.4, 0.5) is 28.4 Å². The van der Waals surface area contributed by atoms with Crippen molar-refractivity contribution in [2.24, 2.45) is 16.4 Å². The number of hydrogen-bond donors (Lipinski definition) is 5. The van der Waals surface area contributed by atoms with Gasteiger partial charge in [-0.3, -0.25) is 10.2 Å². The van der Waals surface area contributed by atoms with Gasteiger partial charge >= 0.3 is 18.3 Å². The quantitative estimate of drug-likeness (QED) is 0.260. The zero-order chi connectivity index (χ0) is 30.2. The summed E-state index contributed by atoms with van der Waals surface area (Å²) in [5, 5.41) is 21.5. The second-order valence-electron chi connectivity index (χ2n) is 10.8. The molecular formula is C27H37F3N6O5. The molecule has 226 valence electrons. The molecule has 1 saturated heterocycles. The molecule has 2 aliphatic heterocycles. The minimum absolute atomic E-state index is 0.0559. The third-order valence-electron chi connectivity index (χ3n) is 7.04. The van der Waals surface area contributed by atoms with Crippen LogP contribution in [0.2, 0.25) is 0 Å². The van der Waals surface area contributed by atoms with Gasteiger partial charge in [-0.2, -0.15) is 18.3 Å². The van der Waals surface area contributed by atoms with Crippen molar-refractivity contribution < 1.29 is 37.4 Å². The first-order valence-corrected chi connectivity index (χ1v) is 13.4. The van der Waals surface area contributed by atoms with Crippen molar-refractivity contribution >= 4 is 29.9 Å². The molecule has 1 aromatic carbocycles. The Hall–Kier alpha value is -3.97. The van der Waals surface area contributed by atoms with Crippen LogP contribution in [0.5, 0.6) is 0 Å². The van der Waals surface area contributed by atoms with E-state index < -0.39 is 59.4 Å². The lowest BCUT2D eigenvalue weighted by Crippen LogP contribution is -2.51. The average molecular weight is 583 g/mol. The summed E-state index contributed by atoms with van der Waals surface area (Å²) in [4.78, 5) is 40.3. The zero-order valence-corrected chi connectivity index (χ0v) is 23.2. The normalized spacial score (nSPS) is 21.3. The first kappa shape index (κ1) is 31.6. The van der Waals surface area contributed by atoms with Crippen LogP contribution in [0.1, 0.15) is 52.0 Å². The Kier molecular flexibility index (Phi) is 10.5. The first-order valence-electron chi connectivity index (χ1n) is 13.4. The molecule has 3 rings (SSSR count). The van der Waals surface area contributed by atoms with Crippen molar-refractivity contribution in [2.75, 3.05) is 18.4 Å². The van der Waals surface area contributed by atoms with Crippen molar-refractivity contribution in [1.82, 2.24) is 21.0 Å². The van der Waals surface area contributed by atoms with Gasteiger partial charge in [-0.15, -0.1) is 0 Å². The van der Waals surface area contributed by atoms with Crippen LogP contribution >= 0.6 is 0 Å². The van der Waals surface area contributed by atoms with Crippen LogP contribution in [0.15, 0.2) is 41.7 Å². The van der Waals surface area contributed by atoms with E-state index in [0.717, 1.165) is 24.8 Å². The van der Waals surface area contributed by atoms with E-state index in [1.807, 2.05) is 20.8 Å². The van der Waals surface area contributed by atoms with Crippen LogP contribution < -0.4 is 21.4 Å². The smallest absolute Gasteiger partial charge is 0.416 e. The molecule has 5 N–H and O–H groups in total. The number of likely N-dealkylation sites (tertiary alicyclic amines) is 1. The van der Waals surface area contributed by atoms with E-state index in [1.165, 1.54) is 23.1 Å². The molecule has 0 saturated carbocycles. The molecule has 14 heteroatoms. The predicted molar refractivity (Wildman–Crippen MR) is 146 cm³/mol. The maximum atomic E-state index is 13.0. The number of carbonyl (C=O) groups excluding carboxylic acids is 3. The first-order chi connectivity index (χ1) is 19.3. The number of nitrogens with one attached hydrogen (secondary N) is 4. The van der Waals surface area contributed by atoms with Crippen LogP contribution in [-0.4, -0.2) is 65.7 Å². The Labute approximate surface area is 236 Å². The van der Waals surface area contributed by atoms with Crippen molar-refractivity contribution in [3.05, 3.63) is 42.2 Å². The van der Waals surface area contributed by atoms with Crippen LogP contribution in [-0.2, 0) is 15.7 Å². The number of urea groups is 1. The van der Waals surface area contributed by atoms with Crippen molar-refractivity contribution in [3.63, 3.8) is 0 Å². The minimum atomic E-state index is -4.48. The van der Waals surface area contributed by atoms with Gasteiger partial charge in [0.25, 0.3) is 0 Å². The van der Waals surface area contributed by atoms with E-state index in [-0.39, 0.29) is 18.8 Å². The third kappa shape index (κ3) is 8.76. The lowest BCUT2D eigenvalue weighted by Gasteiger charge is -2.29. The Balaban J connectivity index is 1.62. The van der Waals surface area contributed by atoms with E-state index in [4.69, 9.17) is 4.74 Å². The molecule has 3 unspecified atom stereocenters. The van der Waals surface area contributed by atoms with Crippen LogP contribution in [0.3, 0.4) is 0 Å². The van der Waals surface area contributed by atoms with E-state index in [0.29, 0.717) is 19.3 Å². The summed E-state index contributed by atoms with van der Waals surface area (Å²) in [5.41, 5.74) is 1.49. The van der Waals surface area contributed by atoms with Gasteiger partial charge in [0, 0.05) is 36.3 Å². The van der Waals surface area contributed by atoms with Gasteiger partial charge in [-0.05, 0) is 36.8 Å². The number of hydrogen-bond acceptors (Lipinski definition) is 7. The fourth-order valence-electron chi connectivity index (χ4n) is 4.69. The second-order valence-corrected chi connectivity index (χ2v) is 10.8. The molecule has 11 nitrogen and oxygen atoms in total. The molecule has 0 aliphatic carbocycles. The molecular weight excluding hydrogens is 545 g/mol. The third-order valence-corrected chi connectivity index (χ3v) is 7.04. The molecule has 1 fully saturated rings. The van der Waals surface area contributed by atoms with Crippen LogP contribution in [0.25, 0.3) is 0 Å². The number of aliphatic hydroxyl groups excluding tert-OH is 1. The molecule has 1 aromatic rings. The number of alkyl carbamates (subject to hydrolysis) is 1. The fraction of sp³-hybridized carbons (Fsp3) is 0.556.